The Labute approximate surface area is 139 Å². The number of hydrogen-bond acceptors (Lipinski definition) is 6. The lowest BCUT2D eigenvalue weighted by Crippen LogP contribution is -2.28. The first-order valence-electron chi connectivity index (χ1n) is 8.01. The third kappa shape index (κ3) is 2.84. The number of aryl methyl sites for hydroxylation is 1. The van der Waals surface area contributed by atoms with E-state index in [0.29, 0.717) is 23.1 Å². The molecule has 1 saturated heterocycles. The first kappa shape index (κ1) is 14.7. The molecule has 0 radical (unpaired) electrons. The molecule has 1 N–H and O–H groups in total. The minimum Gasteiger partial charge on any atom is -0.454 e. The highest BCUT2D eigenvalue weighted by Crippen LogP contribution is 2.35. The summed E-state index contributed by atoms with van der Waals surface area (Å²) in [6.45, 7) is 3.62. The van der Waals surface area contributed by atoms with Crippen molar-refractivity contribution in [1.29, 1.82) is 0 Å². The summed E-state index contributed by atoms with van der Waals surface area (Å²) in [5.41, 5.74) is 1.24. The summed E-state index contributed by atoms with van der Waals surface area (Å²) in [5.74, 6) is 2.53. The van der Waals surface area contributed by atoms with Crippen molar-refractivity contribution < 1.29 is 14.3 Å². The van der Waals surface area contributed by atoms with Crippen molar-refractivity contribution >= 4 is 17.4 Å². The quantitative estimate of drug-likeness (QED) is 0.934. The molecule has 0 atom stereocenters. The van der Waals surface area contributed by atoms with Crippen molar-refractivity contribution in [2.24, 2.45) is 0 Å². The van der Waals surface area contributed by atoms with Crippen LogP contribution in [0.25, 0.3) is 0 Å². The lowest BCUT2D eigenvalue weighted by Gasteiger charge is -2.15. The molecule has 124 valence electrons. The molecule has 1 amide bonds. The molecule has 1 aromatic heterocycles. The summed E-state index contributed by atoms with van der Waals surface area (Å²) in [5, 5.41) is 3.20. The number of nitrogens with one attached hydrogen (secondary N) is 1. The third-order valence-corrected chi connectivity index (χ3v) is 4.10. The van der Waals surface area contributed by atoms with Crippen LogP contribution in [0.4, 0.5) is 11.5 Å². The van der Waals surface area contributed by atoms with E-state index < -0.39 is 0 Å². The fourth-order valence-corrected chi connectivity index (χ4v) is 2.95. The molecular weight excluding hydrogens is 308 g/mol. The SMILES string of the molecule is Cc1nc(Nc2ccc3c(c2)OCO3)cc(C(=O)N2CCCC2)n1. The van der Waals surface area contributed by atoms with Crippen LogP contribution in [0, 0.1) is 6.92 Å². The molecule has 4 rings (SSSR count). The van der Waals surface area contributed by atoms with Gasteiger partial charge in [0.15, 0.2) is 11.5 Å². The molecule has 0 spiro atoms. The van der Waals surface area contributed by atoms with Crippen molar-refractivity contribution in [2.75, 3.05) is 25.2 Å². The number of rotatable bonds is 3. The number of aromatic nitrogens is 2. The van der Waals surface area contributed by atoms with Crippen molar-refractivity contribution in [3.63, 3.8) is 0 Å². The largest absolute Gasteiger partial charge is 0.454 e. The molecule has 2 aliphatic rings. The maximum atomic E-state index is 12.5. The summed E-state index contributed by atoms with van der Waals surface area (Å²) in [6.07, 6.45) is 2.11. The molecule has 0 bridgehead atoms. The molecule has 1 fully saturated rings. The van der Waals surface area contributed by atoms with Gasteiger partial charge in [-0.05, 0) is 31.9 Å². The van der Waals surface area contributed by atoms with Gasteiger partial charge in [-0.15, -0.1) is 0 Å². The van der Waals surface area contributed by atoms with E-state index in [9.17, 15) is 4.79 Å². The second kappa shape index (κ2) is 5.99. The predicted molar refractivity (Wildman–Crippen MR) is 87.8 cm³/mol. The minimum absolute atomic E-state index is 0.0354. The Morgan fingerprint density at radius 1 is 1.12 bits per heavy atom. The summed E-state index contributed by atoms with van der Waals surface area (Å²) in [4.78, 5) is 23.0. The highest BCUT2D eigenvalue weighted by Gasteiger charge is 2.21. The number of amides is 1. The van der Waals surface area contributed by atoms with Crippen LogP contribution in [-0.4, -0.2) is 40.7 Å². The molecule has 3 heterocycles. The van der Waals surface area contributed by atoms with Crippen molar-refractivity contribution in [3.05, 3.63) is 35.8 Å². The van der Waals surface area contributed by atoms with Crippen LogP contribution in [0.5, 0.6) is 11.5 Å². The van der Waals surface area contributed by atoms with Gasteiger partial charge in [0, 0.05) is 30.9 Å². The van der Waals surface area contributed by atoms with Crippen molar-refractivity contribution in [2.45, 2.75) is 19.8 Å². The Hall–Kier alpha value is -2.83. The molecule has 7 heteroatoms. The number of likely N-dealkylation sites (tertiary alicyclic amines) is 1. The number of carbonyl (C=O) groups is 1. The Morgan fingerprint density at radius 3 is 2.75 bits per heavy atom. The molecule has 0 saturated carbocycles. The monoisotopic (exact) mass is 326 g/mol. The van der Waals surface area contributed by atoms with Crippen LogP contribution in [-0.2, 0) is 0 Å². The van der Waals surface area contributed by atoms with Gasteiger partial charge < -0.3 is 19.7 Å². The van der Waals surface area contributed by atoms with Gasteiger partial charge in [0.05, 0.1) is 0 Å². The fraction of sp³-hybridized carbons (Fsp3) is 0.353. The van der Waals surface area contributed by atoms with E-state index in [1.807, 2.05) is 23.1 Å². The van der Waals surface area contributed by atoms with E-state index in [0.717, 1.165) is 37.4 Å². The van der Waals surface area contributed by atoms with Gasteiger partial charge in [-0.25, -0.2) is 9.97 Å². The number of fused-ring (bicyclic) bond motifs is 1. The molecule has 24 heavy (non-hydrogen) atoms. The van der Waals surface area contributed by atoms with Gasteiger partial charge in [0.2, 0.25) is 6.79 Å². The summed E-state index contributed by atoms with van der Waals surface area (Å²) >= 11 is 0. The average molecular weight is 326 g/mol. The second-order valence-electron chi connectivity index (χ2n) is 5.88. The Morgan fingerprint density at radius 2 is 1.92 bits per heavy atom. The average Bonchev–Trinajstić information content (AvgIpc) is 3.24. The normalized spacial score (nSPS) is 15.6. The van der Waals surface area contributed by atoms with Gasteiger partial charge >= 0.3 is 0 Å². The number of benzene rings is 1. The van der Waals surface area contributed by atoms with E-state index in [1.54, 1.807) is 13.0 Å². The zero-order valence-electron chi connectivity index (χ0n) is 13.4. The third-order valence-electron chi connectivity index (χ3n) is 4.10. The molecule has 1 aromatic carbocycles. The van der Waals surface area contributed by atoms with Gasteiger partial charge in [-0.1, -0.05) is 0 Å². The zero-order valence-corrected chi connectivity index (χ0v) is 13.4. The smallest absolute Gasteiger partial charge is 0.272 e. The van der Waals surface area contributed by atoms with Crippen LogP contribution in [0.3, 0.4) is 0 Å². The van der Waals surface area contributed by atoms with E-state index in [4.69, 9.17) is 9.47 Å². The number of ether oxygens (including phenoxy) is 2. The van der Waals surface area contributed by atoms with Crippen molar-refractivity contribution in [3.8, 4) is 11.5 Å². The van der Waals surface area contributed by atoms with Crippen LogP contribution in [0.15, 0.2) is 24.3 Å². The number of nitrogens with zero attached hydrogens (tertiary/aromatic N) is 3. The molecule has 0 aliphatic carbocycles. The maximum Gasteiger partial charge on any atom is 0.272 e. The first-order valence-corrected chi connectivity index (χ1v) is 8.01. The first-order chi connectivity index (χ1) is 11.7. The maximum absolute atomic E-state index is 12.5. The van der Waals surface area contributed by atoms with Crippen LogP contribution in [0.1, 0.15) is 29.2 Å². The number of anilines is 2. The van der Waals surface area contributed by atoms with Crippen LogP contribution in [0.2, 0.25) is 0 Å². The summed E-state index contributed by atoms with van der Waals surface area (Å²) in [6, 6.07) is 7.27. The summed E-state index contributed by atoms with van der Waals surface area (Å²) in [7, 11) is 0. The lowest BCUT2D eigenvalue weighted by atomic mass is 10.2. The molecule has 2 aromatic rings. The van der Waals surface area contributed by atoms with Crippen molar-refractivity contribution in [1.82, 2.24) is 14.9 Å². The summed E-state index contributed by atoms with van der Waals surface area (Å²) < 4.78 is 10.7. The Balaban J connectivity index is 1.58. The fourth-order valence-electron chi connectivity index (χ4n) is 2.95. The van der Waals surface area contributed by atoms with Gasteiger partial charge in [0.1, 0.15) is 17.3 Å². The van der Waals surface area contributed by atoms with E-state index in [2.05, 4.69) is 15.3 Å². The van der Waals surface area contributed by atoms with Gasteiger partial charge in [-0.2, -0.15) is 0 Å². The number of carbonyl (C=O) groups excluding carboxylic acids is 1. The minimum atomic E-state index is -0.0354. The van der Waals surface area contributed by atoms with Gasteiger partial charge in [-0.3, -0.25) is 4.79 Å². The standard InChI is InChI=1S/C17H18N4O3/c1-11-18-13(17(22)21-6-2-3-7-21)9-16(19-11)20-12-4-5-14-15(8-12)24-10-23-14/h4-5,8-9H,2-3,6-7,10H2,1H3,(H,18,19,20). The highest BCUT2D eigenvalue weighted by molar-refractivity contribution is 5.93. The Bertz CT molecular complexity index is 787. The van der Waals surface area contributed by atoms with E-state index in [-0.39, 0.29) is 12.7 Å². The zero-order chi connectivity index (χ0) is 16.5. The topological polar surface area (TPSA) is 76.6 Å². The molecular formula is C17H18N4O3. The molecule has 7 nitrogen and oxygen atoms in total. The highest BCUT2D eigenvalue weighted by atomic mass is 16.7. The Kier molecular flexibility index (Phi) is 3.68. The number of hydrogen-bond donors (Lipinski definition) is 1. The lowest BCUT2D eigenvalue weighted by molar-refractivity contribution is 0.0786. The van der Waals surface area contributed by atoms with Gasteiger partial charge in [0.25, 0.3) is 5.91 Å². The van der Waals surface area contributed by atoms with E-state index >= 15 is 0 Å². The molecule has 2 aliphatic heterocycles. The predicted octanol–water partition coefficient (Wildman–Crippen LogP) is 2.49. The van der Waals surface area contributed by atoms with E-state index in [1.165, 1.54) is 0 Å². The van der Waals surface area contributed by atoms with Crippen LogP contribution >= 0.6 is 0 Å². The molecule has 0 unspecified atom stereocenters. The second-order valence-corrected chi connectivity index (χ2v) is 5.88. The van der Waals surface area contributed by atoms with Crippen LogP contribution < -0.4 is 14.8 Å².